The summed E-state index contributed by atoms with van der Waals surface area (Å²) in [5, 5.41) is 4.69. The van der Waals surface area contributed by atoms with E-state index in [-0.39, 0.29) is 10.7 Å². The van der Waals surface area contributed by atoms with Gasteiger partial charge in [-0.1, -0.05) is 11.6 Å². The van der Waals surface area contributed by atoms with Crippen molar-refractivity contribution in [2.75, 3.05) is 24.9 Å². The first-order chi connectivity index (χ1) is 14.0. The number of anilines is 2. The third-order valence-corrected chi connectivity index (χ3v) is 4.71. The van der Waals surface area contributed by atoms with Crippen molar-refractivity contribution in [2.24, 2.45) is 0 Å². The Morgan fingerprint density at radius 2 is 1.70 bits per heavy atom. The molecule has 2 aromatic rings. The Labute approximate surface area is 179 Å². The summed E-state index contributed by atoms with van der Waals surface area (Å²) < 4.78 is 52.5. The SMILES string of the molecule is COc1cc(OC)c(SNC(=O)Nc2ccc(NC(C)=O)c(C(F)(F)F)c2)cc1Cl. The number of nitrogens with one attached hydrogen (secondary N) is 3. The number of urea groups is 1. The number of carbonyl (C=O) groups is 2. The van der Waals surface area contributed by atoms with E-state index in [4.69, 9.17) is 21.1 Å². The van der Waals surface area contributed by atoms with Crippen LogP contribution in [0.25, 0.3) is 0 Å². The van der Waals surface area contributed by atoms with Gasteiger partial charge >= 0.3 is 12.2 Å². The molecular formula is C18H17ClF3N3O4S. The quantitative estimate of drug-likeness (QED) is 0.515. The van der Waals surface area contributed by atoms with Crippen LogP contribution < -0.4 is 24.8 Å². The van der Waals surface area contributed by atoms with E-state index in [9.17, 15) is 22.8 Å². The van der Waals surface area contributed by atoms with Gasteiger partial charge in [-0.3, -0.25) is 9.52 Å². The van der Waals surface area contributed by atoms with Crippen molar-refractivity contribution in [3.8, 4) is 11.5 Å². The molecule has 0 aliphatic rings. The molecular weight excluding hydrogens is 447 g/mol. The van der Waals surface area contributed by atoms with Crippen LogP contribution in [0, 0.1) is 0 Å². The number of carbonyl (C=O) groups excluding carboxylic acids is 2. The van der Waals surface area contributed by atoms with Gasteiger partial charge in [0.15, 0.2) is 0 Å². The van der Waals surface area contributed by atoms with E-state index in [1.54, 1.807) is 0 Å². The number of halogens is 4. The zero-order chi connectivity index (χ0) is 22.5. The second kappa shape index (κ2) is 9.81. The molecule has 0 aliphatic carbocycles. The number of amides is 3. The van der Waals surface area contributed by atoms with Crippen molar-refractivity contribution in [3.05, 3.63) is 40.9 Å². The van der Waals surface area contributed by atoms with Crippen molar-refractivity contribution < 1.29 is 32.2 Å². The topological polar surface area (TPSA) is 88.7 Å². The maximum absolute atomic E-state index is 13.2. The lowest BCUT2D eigenvalue weighted by molar-refractivity contribution is -0.136. The number of hydrogen-bond donors (Lipinski definition) is 3. The highest BCUT2D eigenvalue weighted by Gasteiger charge is 2.34. The minimum atomic E-state index is -4.73. The summed E-state index contributed by atoms with van der Waals surface area (Å²) in [6.45, 7) is 1.09. The van der Waals surface area contributed by atoms with Gasteiger partial charge in [-0.25, -0.2) is 4.79 Å². The van der Waals surface area contributed by atoms with Gasteiger partial charge in [0, 0.05) is 18.7 Å². The lowest BCUT2D eigenvalue weighted by atomic mass is 10.1. The number of hydrogen-bond acceptors (Lipinski definition) is 5. The summed E-state index contributed by atoms with van der Waals surface area (Å²) in [5.41, 5.74) is -1.62. The Bertz CT molecular complexity index is 957. The fourth-order valence-electron chi connectivity index (χ4n) is 2.33. The third kappa shape index (κ3) is 6.10. The summed E-state index contributed by atoms with van der Waals surface area (Å²) in [5.74, 6) is 0.101. The maximum Gasteiger partial charge on any atom is 0.418 e. The summed E-state index contributed by atoms with van der Waals surface area (Å²) in [7, 11) is 2.85. The van der Waals surface area contributed by atoms with E-state index < -0.39 is 29.4 Å². The lowest BCUT2D eigenvalue weighted by Gasteiger charge is -2.15. The molecule has 0 fully saturated rings. The molecule has 0 spiro atoms. The number of rotatable bonds is 6. The van der Waals surface area contributed by atoms with Gasteiger partial charge in [-0.15, -0.1) is 0 Å². The van der Waals surface area contributed by atoms with Crippen LogP contribution in [0.5, 0.6) is 11.5 Å². The highest BCUT2D eigenvalue weighted by molar-refractivity contribution is 7.98. The molecule has 0 heterocycles. The van der Waals surface area contributed by atoms with Crippen LogP contribution in [0.2, 0.25) is 5.02 Å². The van der Waals surface area contributed by atoms with Crippen molar-refractivity contribution in [2.45, 2.75) is 18.0 Å². The van der Waals surface area contributed by atoms with Gasteiger partial charge in [-0.2, -0.15) is 13.2 Å². The average Bonchev–Trinajstić information content (AvgIpc) is 2.66. The number of ether oxygens (including phenoxy) is 2. The Balaban J connectivity index is 2.13. The van der Waals surface area contributed by atoms with E-state index in [2.05, 4.69) is 15.4 Å². The molecule has 30 heavy (non-hydrogen) atoms. The van der Waals surface area contributed by atoms with Gasteiger partial charge in [0.05, 0.1) is 35.4 Å². The van der Waals surface area contributed by atoms with E-state index in [0.29, 0.717) is 16.4 Å². The monoisotopic (exact) mass is 463 g/mol. The summed E-state index contributed by atoms with van der Waals surface area (Å²) in [6.07, 6.45) is -4.73. The first-order valence-corrected chi connectivity index (χ1v) is 9.38. The molecule has 0 aliphatic heterocycles. The van der Waals surface area contributed by atoms with E-state index in [0.717, 1.165) is 31.0 Å². The van der Waals surface area contributed by atoms with Crippen LogP contribution in [0.1, 0.15) is 12.5 Å². The Hall–Kier alpha value is -2.79. The molecule has 12 heteroatoms. The molecule has 0 aromatic heterocycles. The lowest BCUT2D eigenvalue weighted by Crippen LogP contribution is -2.23. The smallest absolute Gasteiger partial charge is 0.418 e. The largest absolute Gasteiger partial charge is 0.495 e. The molecule has 7 nitrogen and oxygen atoms in total. The van der Waals surface area contributed by atoms with Crippen LogP contribution in [0.3, 0.4) is 0 Å². The summed E-state index contributed by atoms with van der Waals surface area (Å²) in [4.78, 5) is 23.7. The molecule has 0 atom stereocenters. The molecule has 0 radical (unpaired) electrons. The minimum Gasteiger partial charge on any atom is -0.495 e. The Morgan fingerprint density at radius 3 is 2.27 bits per heavy atom. The van der Waals surface area contributed by atoms with Crippen molar-refractivity contribution in [1.82, 2.24) is 4.72 Å². The summed E-state index contributed by atoms with van der Waals surface area (Å²) >= 11 is 6.90. The van der Waals surface area contributed by atoms with Crippen LogP contribution in [-0.4, -0.2) is 26.2 Å². The fourth-order valence-corrected chi connectivity index (χ4v) is 3.30. The molecule has 2 aromatic carbocycles. The van der Waals surface area contributed by atoms with Gasteiger partial charge in [0.2, 0.25) is 5.91 Å². The van der Waals surface area contributed by atoms with Crippen LogP contribution in [0.4, 0.5) is 29.3 Å². The molecule has 0 bridgehead atoms. The van der Waals surface area contributed by atoms with Crippen molar-refractivity contribution in [3.63, 3.8) is 0 Å². The fraction of sp³-hybridized carbons (Fsp3) is 0.222. The standard InChI is InChI=1S/C18H17ClF3N3O4S/c1-9(26)23-13-5-4-10(6-11(13)18(20,21)22)24-17(27)25-30-16-7-12(19)14(28-2)8-15(16)29-3/h4-8H,1-3H3,(H,23,26)(H2,24,25,27). The van der Waals surface area contributed by atoms with Crippen LogP contribution >= 0.6 is 23.5 Å². The molecule has 2 rings (SSSR count). The highest BCUT2D eigenvalue weighted by Crippen LogP contribution is 2.38. The van der Waals surface area contributed by atoms with Crippen molar-refractivity contribution >= 4 is 46.9 Å². The zero-order valence-corrected chi connectivity index (χ0v) is 17.5. The van der Waals surface area contributed by atoms with Gasteiger partial charge in [0.25, 0.3) is 0 Å². The average molecular weight is 464 g/mol. The van der Waals surface area contributed by atoms with E-state index in [1.165, 1.54) is 32.4 Å². The predicted molar refractivity (Wildman–Crippen MR) is 108 cm³/mol. The molecule has 3 N–H and O–H groups in total. The summed E-state index contributed by atoms with van der Waals surface area (Å²) in [6, 6.07) is 5.26. The Kier molecular flexibility index (Phi) is 7.68. The maximum atomic E-state index is 13.2. The van der Waals surface area contributed by atoms with Gasteiger partial charge in [-0.05, 0) is 36.2 Å². The van der Waals surface area contributed by atoms with E-state index >= 15 is 0 Å². The molecule has 162 valence electrons. The normalized spacial score (nSPS) is 10.9. The first kappa shape index (κ1) is 23.5. The first-order valence-electron chi connectivity index (χ1n) is 8.19. The van der Waals surface area contributed by atoms with Gasteiger partial charge in [0.1, 0.15) is 11.5 Å². The third-order valence-electron chi connectivity index (χ3n) is 3.59. The molecule has 0 unspecified atom stereocenters. The highest BCUT2D eigenvalue weighted by atomic mass is 35.5. The van der Waals surface area contributed by atoms with E-state index in [1.807, 2.05) is 0 Å². The number of alkyl halides is 3. The van der Waals surface area contributed by atoms with Crippen molar-refractivity contribution in [1.29, 1.82) is 0 Å². The second-order valence-electron chi connectivity index (χ2n) is 5.74. The number of methoxy groups -OCH3 is 2. The van der Waals surface area contributed by atoms with Gasteiger partial charge < -0.3 is 20.1 Å². The molecule has 0 saturated heterocycles. The second-order valence-corrected chi connectivity index (χ2v) is 6.99. The molecule has 3 amide bonds. The Morgan fingerprint density at radius 1 is 1.03 bits per heavy atom. The van der Waals surface area contributed by atoms with Crippen LogP contribution in [0.15, 0.2) is 35.2 Å². The van der Waals surface area contributed by atoms with Crippen LogP contribution in [-0.2, 0) is 11.0 Å². The minimum absolute atomic E-state index is 0.116. The molecule has 0 saturated carbocycles. The zero-order valence-electron chi connectivity index (χ0n) is 15.9. The number of benzene rings is 2. The predicted octanol–water partition coefficient (Wildman–Crippen LogP) is 5.16.